The van der Waals surface area contributed by atoms with Gasteiger partial charge in [-0.3, -0.25) is 9.59 Å². The first-order chi connectivity index (χ1) is 15.1. The van der Waals surface area contributed by atoms with Crippen LogP contribution in [0.1, 0.15) is 35.6 Å². The maximum Gasteiger partial charge on any atom is 0.254 e. The maximum atomic E-state index is 12.2. The molecule has 0 aliphatic carbocycles. The van der Waals surface area contributed by atoms with E-state index < -0.39 is 5.91 Å². The number of quaternary nitrogens is 1. The van der Waals surface area contributed by atoms with Crippen molar-refractivity contribution in [2.75, 3.05) is 20.2 Å². The molecule has 1 saturated heterocycles. The van der Waals surface area contributed by atoms with Gasteiger partial charge in [0.05, 0.1) is 32.5 Å². The maximum absolute atomic E-state index is 12.2. The van der Waals surface area contributed by atoms with E-state index in [9.17, 15) is 9.59 Å². The van der Waals surface area contributed by atoms with E-state index in [0.29, 0.717) is 11.8 Å². The molecule has 1 fully saturated rings. The minimum Gasteiger partial charge on any atom is -0.496 e. The van der Waals surface area contributed by atoms with E-state index >= 15 is 0 Å². The first kappa shape index (κ1) is 20.8. The number of ether oxygens (including phenoxy) is 1. The average Bonchev–Trinajstić information content (AvgIpc) is 2.75. The summed E-state index contributed by atoms with van der Waals surface area (Å²) in [6, 6.07) is 13.2. The summed E-state index contributed by atoms with van der Waals surface area (Å²) in [7, 11) is 1.66. The third-order valence-corrected chi connectivity index (χ3v) is 6.06. The number of carbonyl (C=O) groups excluding carboxylic acids is 1. The third-order valence-electron chi connectivity index (χ3n) is 6.06. The van der Waals surface area contributed by atoms with E-state index in [4.69, 9.17) is 10.00 Å². The average molecular weight is 420 g/mol. The zero-order valence-electron chi connectivity index (χ0n) is 17.5. The van der Waals surface area contributed by atoms with Crippen LogP contribution in [0, 0.1) is 17.2 Å². The lowest BCUT2D eigenvalue weighted by Crippen LogP contribution is -3.13. The fourth-order valence-electron chi connectivity index (χ4n) is 4.84. The van der Waals surface area contributed by atoms with Crippen molar-refractivity contribution in [2.24, 2.45) is 11.0 Å². The molecule has 3 atom stereocenters. The fourth-order valence-corrected chi connectivity index (χ4v) is 4.84. The number of likely N-dealkylation sites (tertiary alicyclic amines) is 1. The molecule has 2 aromatic rings. The van der Waals surface area contributed by atoms with Crippen molar-refractivity contribution in [3.05, 3.63) is 63.6 Å². The molecule has 0 radical (unpaired) electrons. The molecule has 0 spiro atoms. The molecule has 8 heteroatoms. The quantitative estimate of drug-likeness (QED) is 0.523. The van der Waals surface area contributed by atoms with Gasteiger partial charge in [0.15, 0.2) is 0 Å². The zero-order valence-corrected chi connectivity index (χ0v) is 17.5. The summed E-state index contributed by atoms with van der Waals surface area (Å²) in [4.78, 5) is 25.1. The van der Waals surface area contributed by atoms with E-state index in [0.717, 1.165) is 55.2 Å². The Morgan fingerprint density at radius 2 is 2.26 bits per heavy atom. The highest BCUT2D eigenvalue weighted by atomic mass is 16.5. The molecule has 0 saturated carbocycles. The topological polar surface area (TPSA) is 101 Å². The molecule has 1 amide bonds. The number of hydrazone groups is 1. The number of rotatable bonds is 6. The monoisotopic (exact) mass is 420 g/mol. The minimum atomic E-state index is -0.434. The van der Waals surface area contributed by atoms with Crippen molar-refractivity contribution in [3.8, 4) is 11.8 Å². The van der Waals surface area contributed by atoms with E-state index in [-0.39, 0.29) is 12.0 Å². The van der Waals surface area contributed by atoms with E-state index in [2.05, 4.69) is 16.6 Å². The number of pyridine rings is 1. The number of nitriles is 1. The van der Waals surface area contributed by atoms with Gasteiger partial charge in [-0.05, 0) is 36.2 Å². The molecule has 2 aliphatic rings. The third kappa shape index (κ3) is 4.67. The van der Waals surface area contributed by atoms with Crippen LogP contribution in [0.4, 0.5) is 0 Å². The number of methoxy groups -OCH3 is 1. The van der Waals surface area contributed by atoms with Crippen LogP contribution in [-0.2, 0) is 17.9 Å². The van der Waals surface area contributed by atoms with E-state index in [1.807, 2.05) is 28.8 Å². The summed E-state index contributed by atoms with van der Waals surface area (Å²) in [5.74, 6) is 1.27. The normalized spacial score (nSPS) is 21.9. The Hall–Kier alpha value is -3.44. The largest absolute Gasteiger partial charge is 0.496 e. The SMILES string of the molecule is COc1ccc(/C=N\NC(=O)CC#N)cc1C[NH+]1C[C@H]2C[C@@H](C1)c1cccc(=O)n1C2. The van der Waals surface area contributed by atoms with E-state index in [1.165, 1.54) is 4.90 Å². The predicted molar refractivity (Wildman–Crippen MR) is 115 cm³/mol. The smallest absolute Gasteiger partial charge is 0.254 e. The summed E-state index contributed by atoms with van der Waals surface area (Å²) in [5, 5.41) is 12.5. The lowest BCUT2D eigenvalue weighted by Gasteiger charge is -2.40. The van der Waals surface area contributed by atoms with Crippen molar-refractivity contribution >= 4 is 12.1 Å². The van der Waals surface area contributed by atoms with Crippen molar-refractivity contribution in [1.82, 2.24) is 9.99 Å². The second-order valence-corrected chi connectivity index (χ2v) is 8.23. The molecule has 8 nitrogen and oxygen atoms in total. The van der Waals surface area contributed by atoms with Gasteiger partial charge >= 0.3 is 0 Å². The summed E-state index contributed by atoms with van der Waals surface area (Å²) in [6.07, 6.45) is 2.49. The zero-order chi connectivity index (χ0) is 21.8. The van der Waals surface area contributed by atoms with Crippen LogP contribution in [0.25, 0.3) is 0 Å². The Labute approximate surface area is 180 Å². The minimum absolute atomic E-state index is 0.103. The number of amides is 1. The molecule has 3 heterocycles. The molecule has 1 aromatic carbocycles. The Morgan fingerprint density at radius 3 is 3.06 bits per heavy atom. The first-order valence-electron chi connectivity index (χ1n) is 10.5. The Morgan fingerprint density at radius 1 is 1.39 bits per heavy atom. The van der Waals surface area contributed by atoms with Crippen molar-refractivity contribution in [2.45, 2.75) is 31.8 Å². The Kier molecular flexibility index (Phi) is 6.14. The van der Waals surface area contributed by atoms with Crippen LogP contribution in [0.2, 0.25) is 0 Å². The molecular formula is C23H26N5O3+. The van der Waals surface area contributed by atoms with Gasteiger partial charge in [0.1, 0.15) is 18.7 Å². The van der Waals surface area contributed by atoms with Crippen LogP contribution in [0.3, 0.4) is 0 Å². The number of nitrogens with zero attached hydrogens (tertiary/aromatic N) is 3. The highest BCUT2D eigenvalue weighted by Crippen LogP contribution is 2.30. The second kappa shape index (κ2) is 9.14. The van der Waals surface area contributed by atoms with Gasteiger partial charge in [0, 0.05) is 35.7 Å². The van der Waals surface area contributed by atoms with Gasteiger partial charge in [-0.25, -0.2) is 5.43 Å². The predicted octanol–water partition coefficient (Wildman–Crippen LogP) is 0.423. The number of aromatic nitrogens is 1. The van der Waals surface area contributed by atoms with Crippen molar-refractivity contribution < 1.29 is 14.4 Å². The molecule has 1 aromatic heterocycles. The molecule has 2 N–H and O–H groups in total. The second-order valence-electron chi connectivity index (χ2n) is 8.23. The Balaban J connectivity index is 1.49. The van der Waals surface area contributed by atoms with Gasteiger partial charge < -0.3 is 14.2 Å². The van der Waals surface area contributed by atoms with Crippen LogP contribution in [-0.4, -0.2) is 36.9 Å². The number of benzene rings is 1. The van der Waals surface area contributed by atoms with Crippen LogP contribution < -0.4 is 20.6 Å². The molecule has 2 aliphatic heterocycles. The fraction of sp³-hybridized carbons (Fsp3) is 0.391. The lowest BCUT2D eigenvalue weighted by molar-refractivity contribution is -0.924. The molecule has 4 rings (SSSR count). The number of hydrogen-bond acceptors (Lipinski definition) is 5. The Bertz CT molecular complexity index is 1100. The summed E-state index contributed by atoms with van der Waals surface area (Å²) in [6.45, 7) is 3.60. The highest BCUT2D eigenvalue weighted by Gasteiger charge is 2.37. The number of carbonyl (C=O) groups is 1. The highest BCUT2D eigenvalue weighted by molar-refractivity contribution is 5.83. The number of piperidine rings is 1. The summed E-state index contributed by atoms with van der Waals surface area (Å²) >= 11 is 0. The molecule has 2 bridgehead atoms. The van der Waals surface area contributed by atoms with Gasteiger partial charge in [-0.1, -0.05) is 6.07 Å². The molecule has 160 valence electrons. The number of nitrogens with one attached hydrogen (secondary N) is 2. The standard InChI is InChI=1S/C23H25N5O3/c1-31-21-6-5-16(11-25-26-22(29)7-8-24)9-19(21)15-27-12-17-10-18(14-27)20-3-2-4-23(30)28(20)13-17/h2-6,9,11,17-18H,7,10,12-15H2,1H3,(H,26,29)/p+1/b25-11-/t17-,18+/m1/s1. The van der Waals surface area contributed by atoms with Gasteiger partial charge in [0.2, 0.25) is 0 Å². The van der Waals surface area contributed by atoms with Crippen LogP contribution in [0.15, 0.2) is 46.3 Å². The number of hydrogen-bond donors (Lipinski definition) is 2. The van der Waals surface area contributed by atoms with Gasteiger partial charge in [-0.15, -0.1) is 0 Å². The molecular weight excluding hydrogens is 394 g/mol. The molecule has 1 unspecified atom stereocenters. The summed E-state index contributed by atoms with van der Waals surface area (Å²) in [5.41, 5.74) is 5.53. The number of fused-ring (bicyclic) bond motifs is 4. The van der Waals surface area contributed by atoms with Gasteiger partial charge in [-0.2, -0.15) is 10.4 Å². The first-order valence-corrected chi connectivity index (χ1v) is 10.5. The van der Waals surface area contributed by atoms with E-state index in [1.54, 1.807) is 25.5 Å². The van der Waals surface area contributed by atoms with Crippen molar-refractivity contribution in [1.29, 1.82) is 5.26 Å². The van der Waals surface area contributed by atoms with Crippen molar-refractivity contribution in [3.63, 3.8) is 0 Å². The van der Waals surface area contributed by atoms with Gasteiger partial charge in [0.25, 0.3) is 11.5 Å². The lowest BCUT2D eigenvalue weighted by atomic mass is 9.83. The molecule has 31 heavy (non-hydrogen) atoms. The van der Waals surface area contributed by atoms with Crippen LogP contribution in [0.5, 0.6) is 5.75 Å². The van der Waals surface area contributed by atoms with Crippen LogP contribution >= 0.6 is 0 Å². The summed E-state index contributed by atoms with van der Waals surface area (Å²) < 4.78 is 7.53.